The van der Waals surface area contributed by atoms with E-state index < -0.39 is 5.91 Å². The van der Waals surface area contributed by atoms with Crippen LogP contribution < -0.4 is 16.0 Å². The Balaban J connectivity index is 2.07. The molecular formula is C17H14ClN3O4. The number of hydrogen-bond acceptors (Lipinski definition) is 6. The lowest BCUT2D eigenvalue weighted by Gasteiger charge is -2.11. The maximum absolute atomic E-state index is 12.0. The lowest BCUT2D eigenvalue weighted by atomic mass is 10.1. The molecule has 0 aliphatic carbocycles. The van der Waals surface area contributed by atoms with E-state index in [1.807, 2.05) is 0 Å². The van der Waals surface area contributed by atoms with Crippen molar-refractivity contribution < 1.29 is 19.5 Å². The predicted octanol–water partition coefficient (Wildman–Crippen LogP) is 3.26. The summed E-state index contributed by atoms with van der Waals surface area (Å²) >= 11 is 6.00. The third kappa shape index (κ3) is 3.42. The molecule has 0 bridgehead atoms. The van der Waals surface area contributed by atoms with Gasteiger partial charge in [-0.25, -0.2) is 5.48 Å². The average molecular weight is 360 g/mol. The van der Waals surface area contributed by atoms with Gasteiger partial charge in [0, 0.05) is 23.7 Å². The van der Waals surface area contributed by atoms with Gasteiger partial charge in [0.2, 0.25) is 0 Å². The summed E-state index contributed by atoms with van der Waals surface area (Å²) in [5, 5.41) is 10.9. The molecule has 2 aromatic carbocycles. The Hall–Kier alpha value is -3.03. The average Bonchev–Trinajstić information content (AvgIpc) is 2.58. The van der Waals surface area contributed by atoms with Crippen LogP contribution in [0.1, 0.15) is 10.4 Å². The minimum Gasteiger partial charge on any atom is -0.507 e. The van der Waals surface area contributed by atoms with Gasteiger partial charge in [-0.15, -0.1) is 0 Å². The number of nitrogens with one attached hydrogen (secondary N) is 1. The molecule has 3 rings (SSSR count). The Labute approximate surface area is 147 Å². The van der Waals surface area contributed by atoms with E-state index in [1.54, 1.807) is 24.3 Å². The predicted molar refractivity (Wildman–Crippen MR) is 93.8 cm³/mol. The van der Waals surface area contributed by atoms with Crippen LogP contribution in [0.3, 0.4) is 0 Å². The second-order valence-electron chi connectivity index (χ2n) is 5.12. The number of aromatic hydroxyl groups is 1. The van der Waals surface area contributed by atoms with Crippen molar-refractivity contribution in [1.82, 2.24) is 10.5 Å². The van der Waals surface area contributed by atoms with E-state index >= 15 is 0 Å². The number of carbonyl (C=O) groups excluding carboxylic acids is 1. The largest absolute Gasteiger partial charge is 0.507 e. The van der Waals surface area contributed by atoms with Gasteiger partial charge < -0.3 is 15.6 Å². The Morgan fingerprint density at radius 1 is 1.28 bits per heavy atom. The SMILES string of the molecule is CONC(=O)c1cc2c(Oc3ccc(N)c(Cl)c3)ccnc2cc1O. The van der Waals surface area contributed by atoms with Crippen molar-refractivity contribution in [2.45, 2.75) is 0 Å². The molecule has 0 saturated heterocycles. The van der Waals surface area contributed by atoms with Gasteiger partial charge in [-0.2, -0.15) is 0 Å². The molecule has 0 aliphatic heterocycles. The Bertz CT molecular complexity index is 962. The summed E-state index contributed by atoms with van der Waals surface area (Å²) in [7, 11) is 1.30. The highest BCUT2D eigenvalue weighted by atomic mass is 35.5. The van der Waals surface area contributed by atoms with Crippen molar-refractivity contribution in [2.75, 3.05) is 12.8 Å². The first-order valence-corrected chi connectivity index (χ1v) is 7.55. The summed E-state index contributed by atoms with van der Waals surface area (Å²) in [6.07, 6.45) is 1.53. The standard InChI is InChI=1S/C17H14ClN3O4/c1-24-21-17(23)11-7-10-14(8-15(11)22)20-5-4-16(10)25-9-2-3-13(19)12(18)6-9/h2-8,22H,19H2,1H3,(H,21,23). The van der Waals surface area contributed by atoms with Crippen LogP contribution in [-0.4, -0.2) is 23.1 Å². The molecule has 25 heavy (non-hydrogen) atoms. The molecule has 0 saturated carbocycles. The van der Waals surface area contributed by atoms with E-state index in [2.05, 4.69) is 15.3 Å². The molecule has 0 spiro atoms. The molecule has 8 heteroatoms. The van der Waals surface area contributed by atoms with E-state index in [9.17, 15) is 9.90 Å². The van der Waals surface area contributed by atoms with Crippen LogP contribution in [0, 0.1) is 0 Å². The summed E-state index contributed by atoms with van der Waals surface area (Å²) in [6, 6.07) is 9.38. The van der Waals surface area contributed by atoms with Gasteiger partial charge in [-0.1, -0.05) is 11.6 Å². The molecular weight excluding hydrogens is 346 g/mol. The quantitative estimate of drug-likeness (QED) is 0.487. The number of carbonyl (C=O) groups is 1. The van der Waals surface area contributed by atoms with Crippen molar-refractivity contribution in [3.8, 4) is 17.2 Å². The van der Waals surface area contributed by atoms with Gasteiger partial charge in [0.25, 0.3) is 5.91 Å². The number of amides is 1. The number of anilines is 1. The maximum Gasteiger partial charge on any atom is 0.278 e. The number of benzene rings is 2. The lowest BCUT2D eigenvalue weighted by Crippen LogP contribution is -2.21. The number of nitrogens with two attached hydrogens (primary N) is 1. The Kier molecular flexibility index (Phi) is 4.60. The topological polar surface area (TPSA) is 107 Å². The van der Waals surface area contributed by atoms with Crippen molar-refractivity contribution in [3.63, 3.8) is 0 Å². The number of fused-ring (bicyclic) bond motifs is 1. The van der Waals surface area contributed by atoms with E-state index in [-0.39, 0.29) is 11.3 Å². The number of hydroxylamine groups is 1. The molecule has 1 heterocycles. The molecule has 0 unspecified atom stereocenters. The van der Waals surface area contributed by atoms with Gasteiger partial charge in [-0.05, 0) is 24.3 Å². The minimum atomic E-state index is -0.591. The Morgan fingerprint density at radius 2 is 2.08 bits per heavy atom. The second kappa shape index (κ2) is 6.84. The molecule has 0 aliphatic rings. The van der Waals surface area contributed by atoms with Gasteiger partial charge in [0.15, 0.2) is 0 Å². The molecule has 0 radical (unpaired) electrons. The number of ether oxygens (including phenoxy) is 1. The van der Waals surface area contributed by atoms with Gasteiger partial charge in [0.1, 0.15) is 17.2 Å². The lowest BCUT2D eigenvalue weighted by molar-refractivity contribution is 0.0535. The monoisotopic (exact) mass is 359 g/mol. The number of phenols is 1. The fraction of sp³-hybridized carbons (Fsp3) is 0.0588. The van der Waals surface area contributed by atoms with Crippen LogP contribution in [0.15, 0.2) is 42.6 Å². The molecule has 3 aromatic rings. The third-order valence-electron chi connectivity index (χ3n) is 3.46. The highest BCUT2D eigenvalue weighted by Gasteiger charge is 2.15. The smallest absolute Gasteiger partial charge is 0.278 e. The van der Waals surface area contributed by atoms with Crippen molar-refractivity contribution in [3.05, 3.63) is 53.2 Å². The van der Waals surface area contributed by atoms with E-state index in [1.165, 1.54) is 25.4 Å². The van der Waals surface area contributed by atoms with Crippen molar-refractivity contribution >= 4 is 34.1 Å². The van der Waals surface area contributed by atoms with Crippen LogP contribution in [0.5, 0.6) is 17.2 Å². The van der Waals surface area contributed by atoms with Crippen LogP contribution in [0.25, 0.3) is 10.9 Å². The Morgan fingerprint density at radius 3 is 2.80 bits per heavy atom. The van der Waals surface area contributed by atoms with E-state index in [0.29, 0.717) is 33.1 Å². The zero-order valence-corrected chi connectivity index (χ0v) is 13.9. The van der Waals surface area contributed by atoms with Crippen LogP contribution in [0.4, 0.5) is 5.69 Å². The molecule has 4 N–H and O–H groups in total. The number of halogens is 1. The molecule has 1 amide bonds. The maximum atomic E-state index is 12.0. The van der Waals surface area contributed by atoms with E-state index in [0.717, 1.165) is 0 Å². The number of aromatic nitrogens is 1. The third-order valence-corrected chi connectivity index (χ3v) is 3.79. The van der Waals surface area contributed by atoms with Crippen molar-refractivity contribution in [1.29, 1.82) is 0 Å². The van der Waals surface area contributed by atoms with Gasteiger partial charge >= 0.3 is 0 Å². The number of hydrogen-bond donors (Lipinski definition) is 3. The van der Waals surface area contributed by atoms with E-state index in [4.69, 9.17) is 22.1 Å². The van der Waals surface area contributed by atoms with Crippen LogP contribution >= 0.6 is 11.6 Å². The molecule has 7 nitrogen and oxygen atoms in total. The summed E-state index contributed by atoms with van der Waals surface area (Å²) in [5.41, 5.74) is 8.78. The summed E-state index contributed by atoms with van der Waals surface area (Å²) in [6.45, 7) is 0. The first-order valence-electron chi connectivity index (χ1n) is 7.17. The number of phenolic OH excluding ortho intramolecular Hbond substituents is 1. The minimum absolute atomic E-state index is 0.0301. The fourth-order valence-electron chi connectivity index (χ4n) is 2.27. The molecule has 0 fully saturated rings. The number of pyridine rings is 1. The summed E-state index contributed by atoms with van der Waals surface area (Å²) in [5.74, 6) is 0.106. The van der Waals surface area contributed by atoms with Crippen LogP contribution in [-0.2, 0) is 4.84 Å². The highest BCUT2D eigenvalue weighted by molar-refractivity contribution is 6.33. The second-order valence-corrected chi connectivity index (χ2v) is 5.52. The number of rotatable bonds is 4. The normalized spacial score (nSPS) is 10.6. The van der Waals surface area contributed by atoms with Gasteiger partial charge in [0.05, 0.1) is 28.9 Å². The first-order chi connectivity index (χ1) is 12.0. The number of nitrogens with zero attached hydrogens (tertiary/aromatic N) is 1. The van der Waals surface area contributed by atoms with Gasteiger partial charge in [-0.3, -0.25) is 14.6 Å². The molecule has 128 valence electrons. The zero-order chi connectivity index (χ0) is 18.0. The zero-order valence-electron chi connectivity index (χ0n) is 13.1. The summed E-state index contributed by atoms with van der Waals surface area (Å²) < 4.78 is 5.84. The van der Waals surface area contributed by atoms with Crippen molar-refractivity contribution in [2.24, 2.45) is 0 Å². The fourth-order valence-corrected chi connectivity index (χ4v) is 2.44. The highest BCUT2D eigenvalue weighted by Crippen LogP contribution is 2.34. The summed E-state index contributed by atoms with van der Waals surface area (Å²) in [4.78, 5) is 20.7. The molecule has 1 aromatic heterocycles. The first kappa shape index (κ1) is 16.8. The van der Waals surface area contributed by atoms with Crippen LogP contribution in [0.2, 0.25) is 5.02 Å². The number of nitrogen functional groups attached to an aromatic ring is 1. The molecule has 0 atom stereocenters.